The second-order valence-electron chi connectivity index (χ2n) is 4.88. The summed E-state index contributed by atoms with van der Waals surface area (Å²) in [6, 6.07) is 17.7. The highest BCUT2D eigenvalue weighted by Crippen LogP contribution is 2.26. The molecule has 0 saturated heterocycles. The van der Waals surface area contributed by atoms with Crippen LogP contribution in [0, 0.1) is 0 Å². The highest BCUT2D eigenvalue weighted by molar-refractivity contribution is 7.99. The first-order valence-electron chi connectivity index (χ1n) is 7.34. The number of rotatable bonds is 7. The van der Waals surface area contributed by atoms with Crippen molar-refractivity contribution in [2.24, 2.45) is 0 Å². The van der Waals surface area contributed by atoms with Crippen molar-refractivity contribution in [3.8, 4) is 5.75 Å². The fourth-order valence-corrected chi connectivity index (χ4v) is 3.14. The molecule has 1 amide bonds. The maximum Gasteiger partial charge on any atom is 0.237 e. The van der Waals surface area contributed by atoms with Crippen LogP contribution in [0.4, 0.5) is 5.69 Å². The molecule has 0 fully saturated rings. The number of amides is 1. The highest BCUT2D eigenvalue weighted by atomic mass is 32.2. The van der Waals surface area contributed by atoms with E-state index in [0.29, 0.717) is 11.4 Å². The lowest BCUT2D eigenvalue weighted by Gasteiger charge is -2.16. The second kappa shape index (κ2) is 8.49. The maximum absolute atomic E-state index is 12.4. The van der Waals surface area contributed by atoms with Gasteiger partial charge in [-0.3, -0.25) is 4.79 Å². The number of thioether (sulfide) groups is 1. The van der Waals surface area contributed by atoms with Gasteiger partial charge in [0.2, 0.25) is 5.91 Å². The zero-order valence-corrected chi connectivity index (χ0v) is 13.7. The number of anilines is 1. The first-order chi connectivity index (χ1) is 10.7. The lowest BCUT2D eigenvalue weighted by atomic mass is 10.2. The Balaban J connectivity index is 1.97. The molecule has 0 aliphatic carbocycles. The molecule has 2 aromatic carbocycles. The van der Waals surface area contributed by atoms with E-state index in [0.717, 1.165) is 12.2 Å². The van der Waals surface area contributed by atoms with E-state index in [4.69, 9.17) is 4.74 Å². The van der Waals surface area contributed by atoms with Crippen molar-refractivity contribution in [2.45, 2.75) is 24.3 Å². The smallest absolute Gasteiger partial charge is 0.237 e. The van der Waals surface area contributed by atoms with Gasteiger partial charge in [0.15, 0.2) is 0 Å². The fourth-order valence-electron chi connectivity index (χ4n) is 2.11. The summed E-state index contributed by atoms with van der Waals surface area (Å²) in [5.74, 6) is 1.53. The van der Waals surface area contributed by atoms with E-state index in [1.54, 1.807) is 18.9 Å². The Bertz CT molecular complexity index is 601. The summed E-state index contributed by atoms with van der Waals surface area (Å²) in [4.78, 5) is 12.4. The van der Waals surface area contributed by atoms with E-state index < -0.39 is 0 Å². The lowest BCUT2D eigenvalue weighted by molar-refractivity contribution is -0.115. The SMILES string of the molecule is CCC(SCc1ccccc1)C(=O)Nc1ccccc1OC. The van der Waals surface area contributed by atoms with Crippen molar-refractivity contribution >= 4 is 23.4 Å². The van der Waals surface area contributed by atoms with Crippen LogP contribution < -0.4 is 10.1 Å². The topological polar surface area (TPSA) is 38.3 Å². The van der Waals surface area contributed by atoms with Crippen molar-refractivity contribution in [2.75, 3.05) is 12.4 Å². The van der Waals surface area contributed by atoms with Crippen LogP contribution >= 0.6 is 11.8 Å². The summed E-state index contributed by atoms with van der Waals surface area (Å²) in [6.07, 6.45) is 0.790. The monoisotopic (exact) mass is 315 g/mol. The molecule has 0 bridgehead atoms. The quantitative estimate of drug-likeness (QED) is 0.825. The van der Waals surface area contributed by atoms with Crippen LogP contribution in [-0.4, -0.2) is 18.3 Å². The minimum absolute atomic E-state index is 0.0212. The summed E-state index contributed by atoms with van der Waals surface area (Å²) < 4.78 is 5.27. The molecular weight excluding hydrogens is 294 g/mol. The molecule has 116 valence electrons. The molecule has 0 saturated carbocycles. The van der Waals surface area contributed by atoms with Crippen LogP contribution in [0.5, 0.6) is 5.75 Å². The number of nitrogens with one attached hydrogen (secondary N) is 1. The van der Waals surface area contributed by atoms with Crippen molar-refractivity contribution < 1.29 is 9.53 Å². The van der Waals surface area contributed by atoms with E-state index in [9.17, 15) is 4.79 Å². The van der Waals surface area contributed by atoms with Gasteiger partial charge in [-0.25, -0.2) is 0 Å². The first kappa shape index (κ1) is 16.4. The van der Waals surface area contributed by atoms with Crippen LogP contribution in [0.2, 0.25) is 0 Å². The molecule has 3 nitrogen and oxygen atoms in total. The Morgan fingerprint density at radius 3 is 2.50 bits per heavy atom. The predicted octanol–water partition coefficient (Wildman–Crippen LogP) is 4.35. The van der Waals surface area contributed by atoms with Crippen LogP contribution in [0.1, 0.15) is 18.9 Å². The molecule has 0 aliphatic rings. The molecule has 0 spiro atoms. The Hall–Kier alpha value is -1.94. The Morgan fingerprint density at radius 2 is 1.82 bits per heavy atom. The van der Waals surface area contributed by atoms with Gasteiger partial charge in [0.05, 0.1) is 18.0 Å². The van der Waals surface area contributed by atoms with Crippen molar-refractivity contribution in [1.29, 1.82) is 0 Å². The summed E-state index contributed by atoms with van der Waals surface area (Å²) in [6.45, 7) is 2.03. The second-order valence-corrected chi connectivity index (χ2v) is 6.07. The summed E-state index contributed by atoms with van der Waals surface area (Å²) in [5, 5.41) is 2.89. The fraction of sp³-hybridized carbons (Fsp3) is 0.278. The van der Waals surface area contributed by atoms with Crippen LogP contribution in [0.3, 0.4) is 0 Å². The predicted molar refractivity (Wildman–Crippen MR) is 93.4 cm³/mol. The zero-order valence-electron chi connectivity index (χ0n) is 12.9. The molecular formula is C18H21NO2S. The zero-order chi connectivity index (χ0) is 15.8. The molecule has 1 atom stereocenters. The Labute approximate surface area is 136 Å². The summed E-state index contributed by atoms with van der Waals surface area (Å²) in [5.41, 5.74) is 1.95. The van der Waals surface area contributed by atoms with Gasteiger partial charge in [-0.15, -0.1) is 11.8 Å². The standard InChI is InChI=1S/C18H21NO2S/c1-3-17(22-13-14-9-5-4-6-10-14)18(20)19-15-11-7-8-12-16(15)21-2/h4-12,17H,3,13H2,1-2H3,(H,19,20). The maximum atomic E-state index is 12.4. The molecule has 2 aromatic rings. The summed E-state index contributed by atoms with van der Waals surface area (Å²) in [7, 11) is 1.60. The number of ether oxygens (including phenoxy) is 1. The van der Waals surface area contributed by atoms with Crippen LogP contribution in [0.25, 0.3) is 0 Å². The van der Waals surface area contributed by atoms with Gasteiger partial charge in [0, 0.05) is 5.75 Å². The number of para-hydroxylation sites is 2. The average Bonchev–Trinajstić information content (AvgIpc) is 2.57. The van der Waals surface area contributed by atoms with Crippen molar-refractivity contribution in [3.63, 3.8) is 0 Å². The lowest BCUT2D eigenvalue weighted by Crippen LogP contribution is -2.25. The van der Waals surface area contributed by atoms with Gasteiger partial charge in [-0.2, -0.15) is 0 Å². The molecule has 4 heteroatoms. The number of carbonyl (C=O) groups is 1. The number of hydrogen-bond donors (Lipinski definition) is 1. The summed E-state index contributed by atoms with van der Waals surface area (Å²) >= 11 is 1.66. The van der Waals surface area contributed by atoms with E-state index in [-0.39, 0.29) is 11.2 Å². The third-order valence-electron chi connectivity index (χ3n) is 3.32. The molecule has 1 unspecified atom stereocenters. The highest BCUT2D eigenvalue weighted by Gasteiger charge is 2.18. The Kier molecular flexibility index (Phi) is 6.34. The van der Waals surface area contributed by atoms with E-state index >= 15 is 0 Å². The number of methoxy groups -OCH3 is 1. The van der Waals surface area contributed by atoms with E-state index in [1.165, 1.54) is 5.56 Å². The third-order valence-corrected chi connectivity index (χ3v) is 4.77. The number of carbonyl (C=O) groups excluding carboxylic acids is 1. The Morgan fingerprint density at radius 1 is 1.14 bits per heavy atom. The van der Waals surface area contributed by atoms with Crippen LogP contribution in [0.15, 0.2) is 54.6 Å². The van der Waals surface area contributed by atoms with E-state index in [2.05, 4.69) is 17.4 Å². The van der Waals surface area contributed by atoms with Gasteiger partial charge in [-0.1, -0.05) is 49.4 Å². The first-order valence-corrected chi connectivity index (χ1v) is 8.39. The molecule has 0 radical (unpaired) electrons. The molecule has 0 heterocycles. The molecule has 0 aromatic heterocycles. The average molecular weight is 315 g/mol. The molecule has 2 rings (SSSR count). The van der Waals surface area contributed by atoms with E-state index in [1.807, 2.05) is 49.4 Å². The van der Waals surface area contributed by atoms with Crippen molar-refractivity contribution in [3.05, 3.63) is 60.2 Å². The molecule has 1 N–H and O–H groups in total. The van der Waals surface area contributed by atoms with Gasteiger partial charge in [0.25, 0.3) is 0 Å². The van der Waals surface area contributed by atoms with Gasteiger partial charge >= 0.3 is 0 Å². The van der Waals surface area contributed by atoms with Gasteiger partial charge in [-0.05, 0) is 24.1 Å². The largest absolute Gasteiger partial charge is 0.495 e. The minimum atomic E-state index is -0.0786. The van der Waals surface area contributed by atoms with Crippen LogP contribution in [-0.2, 0) is 10.5 Å². The van der Waals surface area contributed by atoms with Gasteiger partial charge < -0.3 is 10.1 Å². The van der Waals surface area contributed by atoms with Crippen molar-refractivity contribution in [1.82, 2.24) is 0 Å². The normalized spacial score (nSPS) is 11.7. The van der Waals surface area contributed by atoms with Gasteiger partial charge in [0.1, 0.15) is 5.75 Å². The molecule has 0 aliphatic heterocycles. The minimum Gasteiger partial charge on any atom is -0.495 e. The number of hydrogen-bond acceptors (Lipinski definition) is 3. The third kappa shape index (κ3) is 4.53. The number of benzene rings is 2. The molecule has 22 heavy (non-hydrogen) atoms.